The molecule has 1 N–H and O–H groups in total. The van der Waals surface area contributed by atoms with Crippen LogP contribution >= 0.6 is 0 Å². The molecule has 4 rings (SSSR count). The van der Waals surface area contributed by atoms with Gasteiger partial charge in [0.25, 0.3) is 0 Å². The molecule has 1 unspecified atom stereocenters. The second kappa shape index (κ2) is 6.65. The summed E-state index contributed by atoms with van der Waals surface area (Å²) < 4.78 is 0. The molecule has 5 heteroatoms. The van der Waals surface area contributed by atoms with Crippen LogP contribution in [-0.4, -0.2) is 17.2 Å². The van der Waals surface area contributed by atoms with Gasteiger partial charge in [-0.1, -0.05) is 60.7 Å². The molecule has 0 spiro atoms. The Hall–Kier alpha value is -3.34. The molecule has 0 saturated carbocycles. The molecule has 0 aliphatic carbocycles. The lowest BCUT2D eigenvalue weighted by atomic mass is 10.0. The van der Waals surface area contributed by atoms with Crippen molar-refractivity contribution in [2.45, 2.75) is 12.5 Å². The number of hydrogen-bond acceptors (Lipinski definition) is 4. The van der Waals surface area contributed by atoms with Gasteiger partial charge in [0.05, 0.1) is 6.21 Å². The van der Waals surface area contributed by atoms with E-state index in [0.717, 1.165) is 16.3 Å². The molecular weight excluding hydrogens is 312 g/mol. The molecule has 1 heterocycles. The quantitative estimate of drug-likeness (QED) is 0.540. The summed E-state index contributed by atoms with van der Waals surface area (Å²) in [6.07, 6.45) is 2.19. The molecule has 0 aromatic heterocycles. The van der Waals surface area contributed by atoms with Gasteiger partial charge in [0, 0.05) is 12.0 Å². The first-order chi connectivity index (χ1) is 12.3. The molecule has 3 aromatic rings. The highest BCUT2D eigenvalue weighted by Crippen LogP contribution is 2.28. The van der Waals surface area contributed by atoms with Gasteiger partial charge in [-0.05, 0) is 22.4 Å². The highest BCUT2D eigenvalue weighted by Gasteiger charge is 2.19. The number of aromatic hydroxyl groups is 1. The summed E-state index contributed by atoms with van der Waals surface area (Å²) in [5.74, 6) is 0.766. The zero-order chi connectivity index (χ0) is 17.1. The van der Waals surface area contributed by atoms with Crippen LogP contribution in [0.1, 0.15) is 23.6 Å². The van der Waals surface area contributed by atoms with Crippen LogP contribution in [0.3, 0.4) is 0 Å². The third-order valence-corrected chi connectivity index (χ3v) is 4.18. The van der Waals surface area contributed by atoms with Crippen molar-refractivity contribution in [3.8, 4) is 5.75 Å². The summed E-state index contributed by atoms with van der Waals surface area (Å²) >= 11 is 0. The topological polar surface area (TPSA) is 69.7 Å². The first-order valence-electron chi connectivity index (χ1n) is 8.08. The molecule has 5 nitrogen and oxygen atoms in total. The Labute approximate surface area is 145 Å². The number of hydrogen-bond donors (Lipinski definition) is 1. The Morgan fingerprint density at radius 3 is 2.64 bits per heavy atom. The third kappa shape index (κ3) is 3.17. The van der Waals surface area contributed by atoms with Crippen molar-refractivity contribution < 1.29 is 5.11 Å². The highest BCUT2D eigenvalue weighted by atomic mass is 16.3. The highest BCUT2D eigenvalue weighted by molar-refractivity contribution is 6.02. The van der Waals surface area contributed by atoms with E-state index >= 15 is 0 Å². The first kappa shape index (κ1) is 15.2. The Morgan fingerprint density at radius 1 is 0.960 bits per heavy atom. The van der Waals surface area contributed by atoms with E-state index in [9.17, 15) is 5.11 Å². The Morgan fingerprint density at radius 2 is 1.76 bits per heavy atom. The molecule has 0 amide bonds. The lowest BCUT2D eigenvalue weighted by Gasteiger charge is -2.04. The van der Waals surface area contributed by atoms with E-state index in [4.69, 9.17) is 0 Å². The van der Waals surface area contributed by atoms with Crippen LogP contribution in [0.5, 0.6) is 5.75 Å². The van der Waals surface area contributed by atoms with Gasteiger partial charge < -0.3 is 5.11 Å². The fourth-order valence-corrected chi connectivity index (χ4v) is 2.88. The third-order valence-electron chi connectivity index (χ3n) is 4.18. The zero-order valence-electron chi connectivity index (χ0n) is 13.4. The van der Waals surface area contributed by atoms with Gasteiger partial charge in [-0.3, -0.25) is 0 Å². The smallest absolute Gasteiger partial charge is 0.175 e. The minimum absolute atomic E-state index is 0.00103. The maximum absolute atomic E-state index is 10.1. The number of fused-ring (bicyclic) bond motifs is 1. The van der Waals surface area contributed by atoms with Crippen molar-refractivity contribution >= 4 is 22.8 Å². The van der Waals surface area contributed by atoms with Crippen LogP contribution in [0.25, 0.3) is 10.8 Å². The fraction of sp³-hybridized carbons (Fsp3) is 0.100. The van der Waals surface area contributed by atoms with Gasteiger partial charge in [0.2, 0.25) is 0 Å². The maximum atomic E-state index is 10.1. The van der Waals surface area contributed by atoms with Crippen molar-refractivity contribution in [3.05, 3.63) is 77.9 Å². The zero-order valence-corrected chi connectivity index (χ0v) is 13.4. The van der Waals surface area contributed by atoms with E-state index in [-0.39, 0.29) is 11.8 Å². The summed E-state index contributed by atoms with van der Waals surface area (Å²) in [4.78, 5) is 0. The molecule has 0 saturated heterocycles. The van der Waals surface area contributed by atoms with Crippen LogP contribution in [0.2, 0.25) is 0 Å². The van der Waals surface area contributed by atoms with E-state index in [1.165, 1.54) is 0 Å². The summed E-state index contributed by atoms with van der Waals surface area (Å²) in [6, 6.07) is 21.4. The minimum atomic E-state index is 0.00103. The molecule has 0 fully saturated rings. The molecule has 1 aliphatic heterocycles. The molecule has 25 heavy (non-hydrogen) atoms. The molecule has 0 bridgehead atoms. The summed E-state index contributed by atoms with van der Waals surface area (Å²) in [7, 11) is 0. The average molecular weight is 328 g/mol. The van der Waals surface area contributed by atoms with E-state index in [2.05, 4.69) is 20.4 Å². The van der Waals surface area contributed by atoms with Crippen LogP contribution in [-0.2, 0) is 0 Å². The Kier molecular flexibility index (Phi) is 4.04. The first-order valence-corrected chi connectivity index (χ1v) is 8.08. The fourth-order valence-electron chi connectivity index (χ4n) is 2.88. The van der Waals surface area contributed by atoms with Gasteiger partial charge in [0.1, 0.15) is 11.8 Å². The predicted molar refractivity (Wildman–Crippen MR) is 99.3 cm³/mol. The lowest BCUT2D eigenvalue weighted by Crippen LogP contribution is -1.95. The number of azo groups is 1. The molecule has 122 valence electrons. The average Bonchev–Trinajstić information content (AvgIpc) is 3.13. The van der Waals surface area contributed by atoms with Crippen molar-refractivity contribution in [3.63, 3.8) is 0 Å². The minimum Gasteiger partial charge on any atom is -0.507 e. The number of nitrogens with zero attached hydrogens (tertiary/aromatic N) is 4. The second-order valence-corrected chi connectivity index (χ2v) is 5.83. The molecule has 3 aromatic carbocycles. The Balaban J connectivity index is 1.55. The standard InChI is InChI=1S/C20H16N4O/c25-19-11-10-14-6-4-5-9-16(14)17(19)13-21-23-20-12-18(22-24-20)15-7-2-1-3-8-15/h1-11,13,18,25H,12H2/b21-13+,23-20-. The number of phenols is 1. The van der Waals surface area contributed by atoms with Gasteiger partial charge in [-0.15, -0.1) is 10.2 Å². The predicted octanol–water partition coefficient (Wildman–Crippen LogP) is 4.88. The van der Waals surface area contributed by atoms with Gasteiger partial charge in [0.15, 0.2) is 5.84 Å². The molecule has 1 atom stereocenters. The van der Waals surface area contributed by atoms with Crippen LogP contribution < -0.4 is 0 Å². The number of phenolic OH excluding ortho intramolecular Hbond substituents is 1. The van der Waals surface area contributed by atoms with Crippen molar-refractivity contribution in [1.29, 1.82) is 0 Å². The van der Waals surface area contributed by atoms with Gasteiger partial charge in [-0.25, -0.2) is 0 Å². The number of benzene rings is 3. The largest absolute Gasteiger partial charge is 0.507 e. The van der Waals surface area contributed by atoms with E-state index in [0.29, 0.717) is 17.8 Å². The molecule has 1 aliphatic rings. The summed E-state index contributed by atoms with van der Waals surface area (Å²) in [5, 5.41) is 28.7. The van der Waals surface area contributed by atoms with Crippen molar-refractivity contribution in [1.82, 2.24) is 0 Å². The normalized spacial score (nSPS) is 18.6. The van der Waals surface area contributed by atoms with Crippen LogP contribution in [0.4, 0.5) is 0 Å². The van der Waals surface area contributed by atoms with Crippen LogP contribution in [0.15, 0.2) is 87.2 Å². The van der Waals surface area contributed by atoms with E-state index in [1.807, 2.05) is 60.7 Å². The maximum Gasteiger partial charge on any atom is 0.175 e. The van der Waals surface area contributed by atoms with Gasteiger partial charge >= 0.3 is 0 Å². The van der Waals surface area contributed by atoms with Gasteiger partial charge in [-0.2, -0.15) is 10.2 Å². The second-order valence-electron chi connectivity index (χ2n) is 5.83. The summed E-state index contributed by atoms with van der Waals surface area (Å²) in [5.41, 5.74) is 1.77. The Bertz CT molecular complexity index is 993. The SMILES string of the molecule is Oc1ccc2ccccc2c1/C=N/N=C1/CC(c2ccccc2)N=N1. The molecule has 0 radical (unpaired) electrons. The summed E-state index contributed by atoms with van der Waals surface area (Å²) in [6.45, 7) is 0. The van der Waals surface area contributed by atoms with Crippen molar-refractivity contribution in [2.75, 3.05) is 0 Å². The van der Waals surface area contributed by atoms with Crippen LogP contribution in [0, 0.1) is 0 Å². The van der Waals surface area contributed by atoms with E-state index < -0.39 is 0 Å². The molecular formula is C20H16N4O. The number of amidine groups is 1. The number of rotatable bonds is 3. The van der Waals surface area contributed by atoms with E-state index in [1.54, 1.807) is 12.3 Å². The lowest BCUT2D eigenvalue weighted by molar-refractivity contribution is 0.475. The monoisotopic (exact) mass is 328 g/mol. The van der Waals surface area contributed by atoms with Crippen molar-refractivity contribution in [2.24, 2.45) is 20.4 Å².